The van der Waals surface area contributed by atoms with E-state index in [1.807, 2.05) is 13.8 Å². The fourth-order valence-corrected chi connectivity index (χ4v) is 1.25. The quantitative estimate of drug-likeness (QED) is 0.379. The number of ether oxygens (including phenoxy) is 2. The Morgan fingerprint density at radius 3 is 2.54 bits per heavy atom. The van der Waals surface area contributed by atoms with Crippen LogP contribution >= 0.6 is 0 Å². The van der Waals surface area contributed by atoms with Gasteiger partial charge in [-0.15, -0.1) is 0 Å². The maximum Gasteiger partial charge on any atom is 0.333 e. The number of epoxide rings is 1. The lowest BCUT2D eigenvalue weighted by Crippen LogP contribution is -2.23. The number of carbonyl (C=O) groups is 1. The molecular weight excluding hydrogens is 168 g/mol. The summed E-state index contributed by atoms with van der Waals surface area (Å²) in [6.07, 6.45) is 1.08. The number of hydrogen-bond donors (Lipinski definition) is 0. The Kier molecular flexibility index (Phi) is 2.76. The summed E-state index contributed by atoms with van der Waals surface area (Å²) in [7, 11) is 0. The molecule has 1 saturated heterocycles. The van der Waals surface area contributed by atoms with Crippen LogP contribution in [0.3, 0.4) is 0 Å². The third-order valence-electron chi connectivity index (χ3n) is 2.49. The molecule has 1 aliphatic rings. The molecule has 1 heterocycles. The van der Waals surface area contributed by atoms with Gasteiger partial charge in [0.1, 0.15) is 12.2 Å². The number of carbonyl (C=O) groups excluding carboxylic acids is 1. The Bertz CT molecular complexity index is 230. The van der Waals surface area contributed by atoms with Crippen LogP contribution < -0.4 is 0 Å². The summed E-state index contributed by atoms with van der Waals surface area (Å²) < 4.78 is 10.4. The van der Waals surface area contributed by atoms with E-state index < -0.39 is 0 Å². The second kappa shape index (κ2) is 3.50. The average molecular weight is 184 g/mol. The summed E-state index contributed by atoms with van der Waals surface area (Å²) in [6, 6.07) is 0. The molecule has 3 heteroatoms. The Morgan fingerprint density at radius 2 is 2.23 bits per heavy atom. The zero-order valence-corrected chi connectivity index (χ0v) is 8.42. The maximum absolute atomic E-state index is 11.1. The molecule has 0 N–H and O–H groups in total. The van der Waals surface area contributed by atoms with Gasteiger partial charge in [0, 0.05) is 5.57 Å². The van der Waals surface area contributed by atoms with Crippen LogP contribution in [0, 0.1) is 0 Å². The van der Waals surface area contributed by atoms with Crippen molar-refractivity contribution >= 4 is 5.97 Å². The molecule has 0 aromatic heterocycles. The van der Waals surface area contributed by atoms with Gasteiger partial charge in [0.25, 0.3) is 0 Å². The molecule has 0 spiro atoms. The van der Waals surface area contributed by atoms with Gasteiger partial charge in [0.05, 0.1) is 6.10 Å². The summed E-state index contributed by atoms with van der Waals surface area (Å²) in [4.78, 5) is 11.1. The fourth-order valence-electron chi connectivity index (χ4n) is 1.25. The monoisotopic (exact) mass is 184 g/mol. The van der Waals surface area contributed by atoms with Gasteiger partial charge in [0.2, 0.25) is 0 Å². The Labute approximate surface area is 78.7 Å². The maximum atomic E-state index is 11.1. The van der Waals surface area contributed by atoms with Gasteiger partial charge in [-0.25, -0.2) is 4.79 Å². The molecule has 0 radical (unpaired) electrons. The van der Waals surface area contributed by atoms with Crippen molar-refractivity contribution in [2.24, 2.45) is 0 Å². The summed E-state index contributed by atoms with van der Waals surface area (Å²) >= 11 is 0. The zero-order chi connectivity index (χ0) is 10.1. The van der Waals surface area contributed by atoms with E-state index in [0.717, 1.165) is 6.42 Å². The molecule has 0 amide bonds. The van der Waals surface area contributed by atoms with E-state index >= 15 is 0 Å². The first kappa shape index (κ1) is 10.3. The van der Waals surface area contributed by atoms with Crippen molar-refractivity contribution in [2.75, 3.05) is 6.61 Å². The van der Waals surface area contributed by atoms with E-state index in [4.69, 9.17) is 9.47 Å². The largest absolute Gasteiger partial charge is 0.459 e. The predicted octanol–water partition coefficient (Wildman–Crippen LogP) is 1.67. The Morgan fingerprint density at radius 1 is 1.69 bits per heavy atom. The molecule has 0 aromatic rings. The molecule has 0 saturated carbocycles. The van der Waals surface area contributed by atoms with Gasteiger partial charge in [-0.1, -0.05) is 13.5 Å². The van der Waals surface area contributed by atoms with E-state index in [9.17, 15) is 4.79 Å². The van der Waals surface area contributed by atoms with Crippen molar-refractivity contribution in [3.63, 3.8) is 0 Å². The molecule has 2 atom stereocenters. The van der Waals surface area contributed by atoms with Gasteiger partial charge in [-0.05, 0) is 20.3 Å². The predicted molar refractivity (Wildman–Crippen MR) is 49.3 cm³/mol. The highest BCUT2D eigenvalue weighted by molar-refractivity contribution is 5.86. The fraction of sp³-hybridized carbons (Fsp3) is 0.700. The van der Waals surface area contributed by atoms with E-state index in [0.29, 0.717) is 12.2 Å². The van der Waals surface area contributed by atoms with Crippen LogP contribution in [0.1, 0.15) is 27.2 Å². The SMILES string of the molecule is C=C(C)C(=O)OCC1(CC)OC1C. The van der Waals surface area contributed by atoms with Crippen molar-refractivity contribution in [2.45, 2.75) is 38.9 Å². The van der Waals surface area contributed by atoms with Crippen molar-refractivity contribution in [1.82, 2.24) is 0 Å². The van der Waals surface area contributed by atoms with Crippen LogP contribution in [-0.2, 0) is 14.3 Å². The highest BCUT2D eigenvalue weighted by atomic mass is 16.6. The second-order valence-electron chi connectivity index (χ2n) is 3.53. The summed E-state index contributed by atoms with van der Waals surface area (Å²) in [5.74, 6) is -0.337. The second-order valence-corrected chi connectivity index (χ2v) is 3.53. The van der Waals surface area contributed by atoms with Crippen molar-refractivity contribution < 1.29 is 14.3 Å². The molecule has 1 rings (SSSR count). The number of esters is 1. The number of rotatable bonds is 4. The molecule has 3 nitrogen and oxygen atoms in total. The summed E-state index contributed by atoms with van der Waals surface area (Å²) in [5, 5.41) is 0. The molecule has 2 unspecified atom stereocenters. The topological polar surface area (TPSA) is 38.8 Å². The van der Waals surface area contributed by atoms with Crippen LogP contribution in [0.4, 0.5) is 0 Å². The first-order valence-electron chi connectivity index (χ1n) is 4.52. The standard InChI is InChI=1S/C10H16O3/c1-5-10(8(4)13-10)6-12-9(11)7(2)3/h8H,2,5-6H2,1,3-4H3. The average Bonchev–Trinajstić information content (AvgIpc) is 2.73. The smallest absolute Gasteiger partial charge is 0.333 e. The van der Waals surface area contributed by atoms with Crippen molar-refractivity contribution in [3.8, 4) is 0 Å². The highest BCUT2D eigenvalue weighted by Gasteiger charge is 2.52. The molecule has 0 aliphatic carbocycles. The third kappa shape index (κ3) is 2.10. The zero-order valence-electron chi connectivity index (χ0n) is 8.42. The molecule has 0 bridgehead atoms. The van der Waals surface area contributed by atoms with Crippen LogP contribution in [0.5, 0.6) is 0 Å². The lowest BCUT2D eigenvalue weighted by atomic mass is 10.0. The van der Waals surface area contributed by atoms with E-state index in [1.165, 1.54) is 0 Å². The van der Waals surface area contributed by atoms with Crippen molar-refractivity contribution in [3.05, 3.63) is 12.2 Å². The Hall–Kier alpha value is -0.830. The highest BCUT2D eigenvalue weighted by Crippen LogP contribution is 2.39. The molecule has 0 aromatic carbocycles. The van der Waals surface area contributed by atoms with Crippen LogP contribution in [-0.4, -0.2) is 24.3 Å². The van der Waals surface area contributed by atoms with Crippen LogP contribution in [0.25, 0.3) is 0 Å². The normalized spacial score (nSPS) is 31.2. The Balaban J connectivity index is 2.34. The summed E-state index contributed by atoms with van der Waals surface area (Å²) in [6.45, 7) is 9.50. The first-order chi connectivity index (χ1) is 6.02. The summed E-state index contributed by atoms with van der Waals surface area (Å²) in [5.41, 5.74) is 0.213. The first-order valence-corrected chi connectivity index (χ1v) is 4.52. The van der Waals surface area contributed by atoms with E-state index in [1.54, 1.807) is 6.92 Å². The van der Waals surface area contributed by atoms with Gasteiger partial charge in [-0.2, -0.15) is 0 Å². The van der Waals surface area contributed by atoms with E-state index in [2.05, 4.69) is 6.58 Å². The van der Waals surface area contributed by atoms with Crippen LogP contribution in [0.2, 0.25) is 0 Å². The number of hydrogen-bond acceptors (Lipinski definition) is 3. The van der Waals surface area contributed by atoms with Gasteiger partial charge in [0.15, 0.2) is 0 Å². The van der Waals surface area contributed by atoms with Crippen LogP contribution in [0.15, 0.2) is 12.2 Å². The molecule has 13 heavy (non-hydrogen) atoms. The molecular formula is C10H16O3. The minimum atomic E-state index is -0.337. The minimum absolute atomic E-state index is 0.204. The molecule has 1 aliphatic heterocycles. The van der Waals surface area contributed by atoms with Gasteiger partial charge >= 0.3 is 5.97 Å². The lowest BCUT2D eigenvalue weighted by Gasteiger charge is -2.10. The van der Waals surface area contributed by atoms with Gasteiger partial charge < -0.3 is 9.47 Å². The molecule has 1 fully saturated rings. The third-order valence-corrected chi connectivity index (χ3v) is 2.49. The lowest BCUT2D eigenvalue weighted by molar-refractivity contribution is -0.140. The minimum Gasteiger partial charge on any atom is -0.459 e. The van der Waals surface area contributed by atoms with Gasteiger partial charge in [-0.3, -0.25) is 0 Å². The van der Waals surface area contributed by atoms with Crippen molar-refractivity contribution in [1.29, 1.82) is 0 Å². The van der Waals surface area contributed by atoms with E-state index in [-0.39, 0.29) is 17.7 Å². The molecule has 74 valence electrons.